The van der Waals surface area contributed by atoms with Crippen LogP contribution >= 0.6 is 0 Å². The van der Waals surface area contributed by atoms with Crippen molar-refractivity contribution in [1.29, 1.82) is 0 Å². The molecule has 1 heterocycles. The Balaban J connectivity index is 2.87. The van der Waals surface area contributed by atoms with Crippen LogP contribution < -0.4 is 11.3 Å². The molecule has 0 aromatic carbocycles. The van der Waals surface area contributed by atoms with Crippen molar-refractivity contribution in [3.05, 3.63) is 23.7 Å². The van der Waals surface area contributed by atoms with Gasteiger partial charge in [-0.25, -0.2) is 0 Å². The average molecular weight is 168 g/mol. The first-order valence-corrected chi connectivity index (χ1v) is 4.17. The minimum absolute atomic E-state index is 0.184. The molecule has 3 N–H and O–H groups in total. The van der Waals surface area contributed by atoms with Crippen LogP contribution in [0.15, 0.2) is 16.7 Å². The first-order chi connectivity index (χ1) is 5.66. The summed E-state index contributed by atoms with van der Waals surface area (Å²) in [7, 11) is 0. The van der Waals surface area contributed by atoms with Crippen LogP contribution in [0.1, 0.15) is 31.2 Å². The summed E-state index contributed by atoms with van der Waals surface area (Å²) in [5.41, 5.74) is 3.93. The van der Waals surface area contributed by atoms with Crippen LogP contribution in [0.2, 0.25) is 0 Å². The standard InChI is InChI=1S/C9H16N2O/c1-6(2)9(11-10)8-4-5-12-7(8)3/h4-6,9,11H,10H2,1-3H3. The summed E-state index contributed by atoms with van der Waals surface area (Å²) in [6, 6.07) is 2.14. The van der Waals surface area contributed by atoms with Crippen molar-refractivity contribution in [3.8, 4) is 0 Å². The van der Waals surface area contributed by atoms with Crippen LogP contribution in [-0.2, 0) is 0 Å². The van der Waals surface area contributed by atoms with Gasteiger partial charge in [-0.2, -0.15) is 0 Å². The van der Waals surface area contributed by atoms with E-state index in [1.807, 2.05) is 13.0 Å². The number of hydrogen-bond donors (Lipinski definition) is 2. The highest BCUT2D eigenvalue weighted by Gasteiger charge is 2.17. The smallest absolute Gasteiger partial charge is 0.105 e. The number of nitrogens with two attached hydrogens (primary N) is 1. The van der Waals surface area contributed by atoms with Gasteiger partial charge in [0.2, 0.25) is 0 Å². The highest BCUT2D eigenvalue weighted by atomic mass is 16.3. The van der Waals surface area contributed by atoms with E-state index in [2.05, 4.69) is 19.3 Å². The summed E-state index contributed by atoms with van der Waals surface area (Å²) in [4.78, 5) is 0. The maximum Gasteiger partial charge on any atom is 0.105 e. The Bertz CT molecular complexity index is 242. The van der Waals surface area contributed by atoms with Crippen molar-refractivity contribution in [1.82, 2.24) is 5.43 Å². The molecular formula is C9H16N2O. The quantitative estimate of drug-likeness (QED) is 0.534. The fraction of sp³-hybridized carbons (Fsp3) is 0.556. The van der Waals surface area contributed by atoms with Crippen molar-refractivity contribution in [2.45, 2.75) is 26.8 Å². The van der Waals surface area contributed by atoms with E-state index < -0.39 is 0 Å². The van der Waals surface area contributed by atoms with Gasteiger partial charge in [0.25, 0.3) is 0 Å². The fourth-order valence-electron chi connectivity index (χ4n) is 1.36. The zero-order valence-electron chi connectivity index (χ0n) is 7.79. The lowest BCUT2D eigenvalue weighted by Crippen LogP contribution is -2.31. The molecule has 1 aromatic rings. The van der Waals surface area contributed by atoms with Crippen molar-refractivity contribution < 1.29 is 4.42 Å². The van der Waals surface area contributed by atoms with Gasteiger partial charge < -0.3 is 4.42 Å². The van der Waals surface area contributed by atoms with Gasteiger partial charge in [0.1, 0.15) is 5.76 Å². The summed E-state index contributed by atoms with van der Waals surface area (Å²) in [6.45, 7) is 6.19. The molecule has 0 saturated carbocycles. The Morgan fingerprint density at radius 1 is 1.50 bits per heavy atom. The van der Waals surface area contributed by atoms with Crippen LogP contribution in [0, 0.1) is 12.8 Å². The van der Waals surface area contributed by atoms with Crippen molar-refractivity contribution in [2.75, 3.05) is 0 Å². The maximum atomic E-state index is 5.44. The SMILES string of the molecule is Cc1occc1C(NN)C(C)C. The lowest BCUT2D eigenvalue weighted by atomic mass is 9.97. The highest BCUT2D eigenvalue weighted by molar-refractivity contribution is 5.20. The lowest BCUT2D eigenvalue weighted by molar-refractivity contribution is 0.411. The molecular weight excluding hydrogens is 152 g/mol. The van der Waals surface area contributed by atoms with E-state index in [0.29, 0.717) is 5.92 Å². The minimum atomic E-state index is 0.184. The topological polar surface area (TPSA) is 51.2 Å². The van der Waals surface area contributed by atoms with Crippen LogP contribution in [0.3, 0.4) is 0 Å². The molecule has 0 radical (unpaired) electrons. The Labute approximate surface area is 72.9 Å². The molecule has 0 saturated heterocycles. The molecule has 1 atom stereocenters. The Kier molecular flexibility index (Phi) is 2.89. The molecule has 1 rings (SSSR count). The van der Waals surface area contributed by atoms with E-state index in [1.54, 1.807) is 6.26 Å². The first-order valence-electron chi connectivity index (χ1n) is 4.17. The van der Waals surface area contributed by atoms with Crippen LogP contribution in [0.25, 0.3) is 0 Å². The molecule has 3 heteroatoms. The highest BCUT2D eigenvalue weighted by Crippen LogP contribution is 2.24. The van der Waals surface area contributed by atoms with Gasteiger partial charge in [-0.3, -0.25) is 11.3 Å². The third kappa shape index (κ3) is 1.68. The third-order valence-corrected chi connectivity index (χ3v) is 2.08. The zero-order chi connectivity index (χ0) is 9.14. The number of aryl methyl sites for hydroxylation is 1. The predicted molar refractivity (Wildman–Crippen MR) is 48.3 cm³/mol. The van der Waals surface area contributed by atoms with Gasteiger partial charge >= 0.3 is 0 Å². The Morgan fingerprint density at radius 3 is 2.50 bits per heavy atom. The van der Waals surface area contributed by atoms with E-state index >= 15 is 0 Å². The monoisotopic (exact) mass is 168 g/mol. The average Bonchev–Trinajstić information content (AvgIpc) is 2.38. The summed E-state index contributed by atoms with van der Waals surface area (Å²) in [5, 5.41) is 0. The number of furan rings is 1. The normalized spacial score (nSPS) is 13.8. The molecule has 0 spiro atoms. The summed E-state index contributed by atoms with van der Waals surface area (Å²) in [6.07, 6.45) is 1.69. The van der Waals surface area contributed by atoms with E-state index in [1.165, 1.54) is 0 Å². The zero-order valence-corrected chi connectivity index (χ0v) is 7.79. The van der Waals surface area contributed by atoms with Crippen molar-refractivity contribution in [2.24, 2.45) is 11.8 Å². The van der Waals surface area contributed by atoms with Crippen molar-refractivity contribution >= 4 is 0 Å². The lowest BCUT2D eigenvalue weighted by Gasteiger charge is -2.18. The number of hydrogen-bond acceptors (Lipinski definition) is 3. The molecule has 1 unspecified atom stereocenters. The number of nitrogens with one attached hydrogen (secondary N) is 1. The van der Waals surface area contributed by atoms with Crippen LogP contribution in [0.4, 0.5) is 0 Å². The molecule has 1 aromatic heterocycles. The molecule has 0 aliphatic rings. The van der Waals surface area contributed by atoms with Gasteiger partial charge in [-0.15, -0.1) is 0 Å². The van der Waals surface area contributed by atoms with Crippen LogP contribution in [-0.4, -0.2) is 0 Å². The third-order valence-electron chi connectivity index (χ3n) is 2.08. The first kappa shape index (κ1) is 9.29. The van der Waals surface area contributed by atoms with Crippen LogP contribution in [0.5, 0.6) is 0 Å². The van der Waals surface area contributed by atoms with Gasteiger partial charge in [0, 0.05) is 5.56 Å². The maximum absolute atomic E-state index is 5.44. The molecule has 12 heavy (non-hydrogen) atoms. The van der Waals surface area contributed by atoms with Gasteiger partial charge in [-0.1, -0.05) is 13.8 Å². The molecule has 0 amide bonds. The molecule has 68 valence electrons. The Hall–Kier alpha value is -0.800. The fourth-order valence-corrected chi connectivity index (χ4v) is 1.36. The Morgan fingerprint density at radius 2 is 2.17 bits per heavy atom. The van der Waals surface area contributed by atoms with Gasteiger partial charge in [0.15, 0.2) is 0 Å². The summed E-state index contributed by atoms with van der Waals surface area (Å²) < 4.78 is 5.20. The second-order valence-electron chi connectivity index (χ2n) is 3.32. The largest absolute Gasteiger partial charge is 0.469 e. The molecule has 0 aliphatic carbocycles. The summed E-state index contributed by atoms with van der Waals surface area (Å²) in [5.74, 6) is 6.84. The molecule has 3 nitrogen and oxygen atoms in total. The molecule has 0 bridgehead atoms. The summed E-state index contributed by atoms with van der Waals surface area (Å²) >= 11 is 0. The van der Waals surface area contributed by atoms with E-state index in [4.69, 9.17) is 10.3 Å². The predicted octanol–water partition coefficient (Wildman–Crippen LogP) is 1.75. The van der Waals surface area contributed by atoms with E-state index in [-0.39, 0.29) is 6.04 Å². The van der Waals surface area contributed by atoms with Crippen molar-refractivity contribution in [3.63, 3.8) is 0 Å². The second kappa shape index (κ2) is 3.74. The second-order valence-corrected chi connectivity index (χ2v) is 3.32. The van der Waals surface area contributed by atoms with E-state index in [9.17, 15) is 0 Å². The minimum Gasteiger partial charge on any atom is -0.469 e. The molecule has 0 aliphatic heterocycles. The van der Waals surface area contributed by atoms with E-state index in [0.717, 1.165) is 11.3 Å². The number of rotatable bonds is 3. The molecule has 0 fully saturated rings. The van der Waals surface area contributed by atoms with Gasteiger partial charge in [0.05, 0.1) is 12.3 Å². The number of hydrazine groups is 1. The van der Waals surface area contributed by atoms with Gasteiger partial charge in [-0.05, 0) is 18.9 Å².